The summed E-state index contributed by atoms with van der Waals surface area (Å²) in [6.45, 7) is 0.944. The van der Waals surface area contributed by atoms with E-state index in [1.165, 1.54) is 12.1 Å². The van der Waals surface area contributed by atoms with Crippen LogP contribution in [0.4, 0.5) is 24.5 Å². The molecule has 0 spiro atoms. The second-order valence-electron chi connectivity index (χ2n) is 5.98. The average Bonchev–Trinajstić information content (AvgIpc) is 2.67. The van der Waals surface area contributed by atoms with Crippen LogP contribution >= 0.6 is 11.6 Å². The predicted octanol–water partition coefficient (Wildman–Crippen LogP) is 3.77. The van der Waals surface area contributed by atoms with Crippen molar-refractivity contribution >= 4 is 28.9 Å². The number of ether oxygens (including phenoxy) is 2. The molecular formula is C18H17ClF3N3O3. The third kappa shape index (κ3) is 5.26. The van der Waals surface area contributed by atoms with Crippen LogP contribution in [0.2, 0.25) is 5.02 Å². The minimum absolute atomic E-state index is 0.173. The first-order valence-corrected chi connectivity index (χ1v) is 8.79. The Balaban J connectivity index is 1.72. The summed E-state index contributed by atoms with van der Waals surface area (Å²) in [4.78, 5) is 18.3. The number of rotatable bonds is 5. The van der Waals surface area contributed by atoms with Crippen molar-refractivity contribution in [2.24, 2.45) is 0 Å². The lowest BCUT2D eigenvalue weighted by Gasteiger charge is -2.31. The van der Waals surface area contributed by atoms with E-state index in [1.54, 1.807) is 18.2 Å². The molecule has 1 N–H and O–H groups in total. The Hall–Kier alpha value is -2.52. The lowest BCUT2D eigenvalue weighted by molar-refractivity contribution is -0.154. The lowest BCUT2D eigenvalue weighted by atomic mass is 10.2. The molecule has 1 saturated heterocycles. The van der Waals surface area contributed by atoms with E-state index in [0.717, 1.165) is 6.20 Å². The van der Waals surface area contributed by atoms with Crippen molar-refractivity contribution in [1.29, 1.82) is 0 Å². The van der Waals surface area contributed by atoms with Gasteiger partial charge in [-0.2, -0.15) is 13.2 Å². The smallest absolute Gasteiger partial charge is 0.422 e. The number of benzene rings is 1. The summed E-state index contributed by atoms with van der Waals surface area (Å²) in [6, 6.07) is 7.72. The SMILES string of the molecule is O=C(Nc1cccc(Cl)c1N1CCOCC1)c1ccc(OCC(F)(F)F)nc1. The number of morpholine rings is 1. The van der Waals surface area contributed by atoms with Crippen molar-refractivity contribution in [2.75, 3.05) is 43.1 Å². The van der Waals surface area contributed by atoms with E-state index >= 15 is 0 Å². The molecule has 0 unspecified atom stereocenters. The number of nitrogens with zero attached hydrogens (tertiary/aromatic N) is 2. The molecule has 0 saturated carbocycles. The number of hydrogen-bond donors (Lipinski definition) is 1. The summed E-state index contributed by atoms with van der Waals surface area (Å²) in [5.74, 6) is -0.683. The average molecular weight is 416 g/mol. The first kappa shape index (κ1) is 20.2. The first-order chi connectivity index (χ1) is 13.3. The molecule has 1 aromatic heterocycles. The molecule has 28 heavy (non-hydrogen) atoms. The Morgan fingerprint density at radius 1 is 1.25 bits per heavy atom. The number of anilines is 2. The maximum atomic E-state index is 12.5. The molecule has 6 nitrogen and oxygen atoms in total. The zero-order valence-corrected chi connectivity index (χ0v) is 15.4. The zero-order valence-electron chi connectivity index (χ0n) is 14.6. The highest BCUT2D eigenvalue weighted by atomic mass is 35.5. The van der Waals surface area contributed by atoms with Crippen LogP contribution in [-0.2, 0) is 4.74 Å². The molecule has 1 fully saturated rings. The molecule has 0 aliphatic carbocycles. The molecule has 2 heterocycles. The van der Waals surface area contributed by atoms with E-state index in [2.05, 4.69) is 15.0 Å². The number of hydrogen-bond acceptors (Lipinski definition) is 5. The summed E-state index contributed by atoms with van der Waals surface area (Å²) in [5, 5.41) is 3.27. The number of pyridine rings is 1. The van der Waals surface area contributed by atoms with Gasteiger partial charge in [0.15, 0.2) is 6.61 Å². The number of para-hydroxylation sites is 1. The van der Waals surface area contributed by atoms with E-state index in [1.807, 2.05) is 4.90 Å². The maximum Gasteiger partial charge on any atom is 0.422 e. The predicted molar refractivity (Wildman–Crippen MR) is 98.2 cm³/mol. The lowest BCUT2D eigenvalue weighted by Crippen LogP contribution is -2.37. The molecule has 1 aliphatic heterocycles. The topological polar surface area (TPSA) is 63.7 Å². The van der Waals surface area contributed by atoms with Gasteiger partial charge < -0.3 is 19.7 Å². The number of alkyl halides is 3. The number of halogens is 4. The van der Waals surface area contributed by atoms with Gasteiger partial charge >= 0.3 is 6.18 Å². The summed E-state index contributed by atoms with van der Waals surface area (Å²) in [7, 11) is 0. The van der Waals surface area contributed by atoms with Gasteiger partial charge in [0.25, 0.3) is 5.91 Å². The highest BCUT2D eigenvalue weighted by Gasteiger charge is 2.28. The highest BCUT2D eigenvalue weighted by Crippen LogP contribution is 2.34. The summed E-state index contributed by atoms with van der Waals surface area (Å²) in [6.07, 6.45) is -3.31. The van der Waals surface area contributed by atoms with Gasteiger partial charge in [-0.05, 0) is 18.2 Å². The van der Waals surface area contributed by atoms with Crippen molar-refractivity contribution in [3.8, 4) is 5.88 Å². The zero-order chi connectivity index (χ0) is 20.1. The quantitative estimate of drug-likeness (QED) is 0.805. The minimum Gasteiger partial charge on any atom is -0.468 e. The standard InChI is InChI=1S/C18H17ClF3N3O3/c19-13-2-1-3-14(16(13)25-6-8-27-9-7-25)24-17(26)12-4-5-15(23-10-12)28-11-18(20,21)22/h1-5,10H,6-9,11H2,(H,24,26). The number of carbonyl (C=O) groups excluding carboxylic acids is 1. The molecule has 150 valence electrons. The van der Waals surface area contributed by atoms with Crippen LogP contribution in [0.5, 0.6) is 5.88 Å². The van der Waals surface area contributed by atoms with E-state index in [4.69, 9.17) is 16.3 Å². The van der Waals surface area contributed by atoms with Crippen LogP contribution in [0.1, 0.15) is 10.4 Å². The fourth-order valence-corrected chi connectivity index (χ4v) is 2.97. The van der Waals surface area contributed by atoms with Crippen molar-refractivity contribution in [2.45, 2.75) is 6.18 Å². The van der Waals surface area contributed by atoms with Crippen LogP contribution in [0, 0.1) is 0 Å². The number of aromatic nitrogens is 1. The van der Waals surface area contributed by atoms with Gasteiger partial charge in [-0.25, -0.2) is 4.98 Å². The third-order valence-electron chi connectivity index (χ3n) is 3.94. The Kier molecular flexibility index (Phi) is 6.25. The van der Waals surface area contributed by atoms with Gasteiger partial charge in [-0.15, -0.1) is 0 Å². The summed E-state index contributed by atoms with van der Waals surface area (Å²) >= 11 is 6.33. The Morgan fingerprint density at radius 2 is 2.00 bits per heavy atom. The minimum atomic E-state index is -4.46. The molecule has 0 atom stereocenters. The molecule has 10 heteroatoms. The third-order valence-corrected chi connectivity index (χ3v) is 4.25. The fourth-order valence-electron chi connectivity index (χ4n) is 2.67. The van der Waals surface area contributed by atoms with Gasteiger partial charge in [0.05, 0.1) is 35.2 Å². The van der Waals surface area contributed by atoms with Crippen LogP contribution in [0.25, 0.3) is 0 Å². The summed E-state index contributed by atoms with van der Waals surface area (Å²) < 4.78 is 46.4. The normalized spacial score (nSPS) is 14.6. The summed E-state index contributed by atoms with van der Waals surface area (Å²) in [5.41, 5.74) is 1.39. The fraction of sp³-hybridized carbons (Fsp3) is 0.333. The van der Waals surface area contributed by atoms with Crippen molar-refractivity contribution in [3.05, 3.63) is 47.1 Å². The van der Waals surface area contributed by atoms with Crippen LogP contribution in [0.15, 0.2) is 36.5 Å². The van der Waals surface area contributed by atoms with Gasteiger partial charge in [-0.1, -0.05) is 17.7 Å². The van der Waals surface area contributed by atoms with E-state index in [-0.39, 0.29) is 11.4 Å². The van der Waals surface area contributed by atoms with Crippen LogP contribution in [0.3, 0.4) is 0 Å². The largest absolute Gasteiger partial charge is 0.468 e. The van der Waals surface area contributed by atoms with Gasteiger partial charge in [-0.3, -0.25) is 4.79 Å². The second-order valence-corrected chi connectivity index (χ2v) is 6.39. The number of nitrogens with one attached hydrogen (secondary N) is 1. The second kappa shape index (κ2) is 8.66. The number of amides is 1. The molecule has 1 aromatic carbocycles. The van der Waals surface area contributed by atoms with E-state index < -0.39 is 18.7 Å². The van der Waals surface area contributed by atoms with Gasteiger partial charge in [0, 0.05) is 25.4 Å². The van der Waals surface area contributed by atoms with E-state index in [0.29, 0.717) is 42.7 Å². The molecule has 1 amide bonds. The van der Waals surface area contributed by atoms with E-state index in [9.17, 15) is 18.0 Å². The maximum absolute atomic E-state index is 12.5. The van der Waals surface area contributed by atoms with Gasteiger partial charge in [0.1, 0.15) is 0 Å². The van der Waals surface area contributed by atoms with Crippen LogP contribution in [-0.4, -0.2) is 50.0 Å². The number of carbonyl (C=O) groups is 1. The Bertz CT molecular complexity index is 825. The molecule has 3 rings (SSSR count). The Labute approximate surface area is 164 Å². The van der Waals surface area contributed by atoms with Crippen molar-refractivity contribution in [3.63, 3.8) is 0 Å². The molecular weight excluding hydrogens is 399 g/mol. The molecule has 0 bridgehead atoms. The highest BCUT2D eigenvalue weighted by molar-refractivity contribution is 6.34. The first-order valence-electron chi connectivity index (χ1n) is 8.41. The molecule has 2 aromatic rings. The Morgan fingerprint density at radius 3 is 2.64 bits per heavy atom. The monoisotopic (exact) mass is 415 g/mol. The van der Waals surface area contributed by atoms with Gasteiger partial charge in [0.2, 0.25) is 5.88 Å². The molecule has 1 aliphatic rings. The molecule has 0 radical (unpaired) electrons. The van der Waals surface area contributed by atoms with Crippen molar-refractivity contribution in [1.82, 2.24) is 4.98 Å². The van der Waals surface area contributed by atoms with Crippen LogP contribution < -0.4 is 15.0 Å². The van der Waals surface area contributed by atoms with Crippen molar-refractivity contribution < 1.29 is 27.4 Å².